The van der Waals surface area contributed by atoms with Crippen molar-refractivity contribution in [3.63, 3.8) is 0 Å². The van der Waals surface area contributed by atoms with Gasteiger partial charge in [-0.15, -0.1) is 0 Å². The van der Waals surface area contributed by atoms with Gasteiger partial charge in [0, 0.05) is 12.3 Å². The van der Waals surface area contributed by atoms with E-state index in [9.17, 15) is 14.7 Å². The Morgan fingerprint density at radius 1 is 1.37 bits per heavy atom. The van der Waals surface area contributed by atoms with E-state index in [1.807, 2.05) is 32.9 Å². The van der Waals surface area contributed by atoms with Crippen LogP contribution in [0, 0.1) is 23.7 Å². The lowest BCUT2D eigenvalue weighted by Crippen LogP contribution is -2.56. The summed E-state index contributed by atoms with van der Waals surface area (Å²) in [6.45, 7) is 9.05. The van der Waals surface area contributed by atoms with Crippen molar-refractivity contribution in [2.75, 3.05) is 0 Å². The van der Waals surface area contributed by atoms with Crippen molar-refractivity contribution in [2.45, 2.75) is 76.5 Å². The van der Waals surface area contributed by atoms with Crippen LogP contribution >= 0.6 is 0 Å². The summed E-state index contributed by atoms with van der Waals surface area (Å²) < 4.78 is 11.6. The molecule has 7 heteroatoms. The molecule has 2 bridgehead atoms. The fourth-order valence-electron chi connectivity index (χ4n) is 5.24. The quantitative estimate of drug-likeness (QED) is 0.454. The Labute approximate surface area is 158 Å². The Balaban J connectivity index is 1.77. The number of ether oxygens (including phenoxy) is 2. The average Bonchev–Trinajstić information content (AvgIpc) is 3.16. The third kappa shape index (κ3) is 2.37. The largest absolute Gasteiger partial charge is 0.462 e. The van der Waals surface area contributed by atoms with E-state index >= 15 is 0 Å². The summed E-state index contributed by atoms with van der Waals surface area (Å²) in [6, 6.07) is 0. The number of carbonyl (C=O) groups excluding carboxylic acids is 2. The van der Waals surface area contributed by atoms with Crippen molar-refractivity contribution in [3.05, 3.63) is 12.2 Å². The molecule has 0 aromatic carbocycles. The third-order valence-corrected chi connectivity index (χ3v) is 7.16. The highest BCUT2D eigenvalue weighted by molar-refractivity contribution is 5.76. The van der Waals surface area contributed by atoms with Crippen molar-refractivity contribution >= 4 is 11.9 Å². The molecule has 2 heterocycles. The highest BCUT2D eigenvalue weighted by Crippen LogP contribution is 2.62. The molecule has 4 aliphatic rings. The van der Waals surface area contributed by atoms with Gasteiger partial charge in [0.25, 0.3) is 0 Å². The van der Waals surface area contributed by atoms with Crippen LogP contribution < -0.4 is 0 Å². The Bertz CT molecular complexity index is 700. The molecule has 4 rings (SSSR count). The van der Waals surface area contributed by atoms with Crippen molar-refractivity contribution < 1.29 is 33.9 Å². The molecule has 2 saturated heterocycles. The molecule has 2 aliphatic heterocycles. The van der Waals surface area contributed by atoms with Crippen LogP contribution in [0.15, 0.2) is 12.2 Å². The van der Waals surface area contributed by atoms with E-state index in [1.165, 1.54) is 0 Å². The van der Waals surface area contributed by atoms with Gasteiger partial charge in [-0.3, -0.25) is 9.59 Å². The number of rotatable bonds is 3. The van der Waals surface area contributed by atoms with Crippen LogP contribution in [0.1, 0.15) is 47.5 Å². The maximum atomic E-state index is 12.5. The Hall–Kier alpha value is -1.44. The van der Waals surface area contributed by atoms with Crippen molar-refractivity contribution in [1.29, 1.82) is 0 Å². The van der Waals surface area contributed by atoms with E-state index in [1.54, 1.807) is 13.8 Å². The first-order valence-corrected chi connectivity index (χ1v) is 9.77. The van der Waals surface area contributed by atoms with Gasteiger partial charge in [-0.25, -0.2) is 9.78 Å². The molecule has 2 aliphatic carbocycles. The molecule has 0 aromatic rings. The molecule has 0 spiro atoms. The molecule has 1 N–H and O–H groups in total. The number of fused-ring (bicyclic) bond motifs is 1. The summed E-state index contributed by atoms with van der Waals surface area (Å²) >= 11 is 0. The standard InChI is InChI=1S/C20H28O7/c1-6-10(2)16(21)24-12-9-19(5,23)20-8-7-18(4,26-27-20)15(20)14-13(12)11(3)17(22)25-14/h7-8,10-15,23H,6,9H2,1-5H3. The Kier molecular flexibility index (Phi) is 4.05. The number of hydrogen-bond acceptors (Lipinski definition) is 7. The molecule has 3 fully saturated rings. The van der Waals surface area contributed by atoms with E-state index in [-0.39, 0.29) is 30.2 Å². The summed E-state index contributed by atoms with van der Waals surface area (Å²) in [6.07, 6.45) is 3.26. The van der Waals surface area contributed by atoms with Gasteiger partial charge in [-0.1, -0.05) is 26.8 Å². The van der Waals surface area contributed by atoms with Gasteiger partial charge in [0.1, 0.15) is 23.4 Å². The van der Waals surface area contributed by atoms with Crippen LogP contribution in [0.5, 0.6) is 0 Å². The van der Waals surface area contributed by atoms with Crippen LogP contribution in [0.2, 0.25) is 0 Å². The summed E-state index contributed by atoms with van der Waals surface area (Å²) in [5.74, 6) is -2.12. The maximum absolute atomic E-state index is 12.5. The molecule has 27 heavy (non-hydrogen) atoms. The van der Waals surface area contributed by atoms with Crippen LogP contribution in [0.3, 0.4) is 0 Å². The van der Waals surface area contributed by atoms with Gasteiger partial charge in [0.15, 0.2) is 5.60 Å². The SMILES string of the molecule is CCC(C)C(=O)OC1CC(C)(O)C23C=CC(C)(OO2)C3C2OC(=O)C(C)C12. The topological polar surface area (TPSA) is 91.3 Å². The second-order valence-electron chi connectivity index (χ2n) is 8.98. The zero-order valence-corrected chi connectivity index (χ0v) is 16.4. The fraction of sp³-hybridized carbons (Fsp3) is 0.800. The summed E-state index contributed by atoms with van der Waals surface area (Å²) in [7, 11) is 0. The second-order valence-corrected chi connectivity index (χ2v) is 8.98. The lowest BCUT2D eigenvalue weighted by atomic mass is 9.70. The van der Waals surface area contributed by atoms with Crippen LogP contribution in [0.25, 0.3) is 0 Å². The molecule has 0 aromatic heterocycles. The molecule has 150 valence electrons. The summed E-state index contributed by atoms with van der Waals surface area (Å²) in [5, 5.41) is 11.4. The normalized spacial score (nSPS) is 51.3. The molecule has 0 radical (unpaired) electrons. The van der Waals surface area contributed by atoms with Crippen LogP contribution in [-0.4, -0.2) is 46.1 Å². The molecule has 0 amide bonds. The first-order valence-electron chi connectivity index (χ1n) is 9.77. The molecule has 9 unspecified atom stereocenters. The first-order chi connectivity index (χ1) is 12.6. The first kappa shape index (κ1) is 18.9. The predicted octanol–water partition coefficient (Wildman–Crippen LogP) is 1.92. The number of aliphatic hydroxyl groups is 1. The zero-order valence-electron chi connectivity index (χ0n) is 16.4. The average molecular weight is 380 g/mol. The maximum Gasteiger partial charge on any atom is 0.309 e. The van der Waals surface area contributed by atoms with E-state index in [0.29, 0.717) is 6.42 Å². The van der Waals surface area contributed by atoms with Gasteiger partial charge < -0.3 is 14.6 Å². The van der Waals surface area contributed by atoms with Crippen molar-refractivity contribution in [1.82, 2.24) is 0 Å². The van der Waals surface area contributed by atoms with E-state index < -0.39 is 40.8 Å². The highest BCUT2D eigenvalue weighted by atomic mass is 17.2. The highest BCUT2D eigenvalue weighted by Gasteiger charge is 2.75. The molecule has 7 nitrogen and oxygen atoms in total. The van der Waals surface area contributed by atoms with Gasteiger partial charge in [0.2, 0.25) is 0 Å². The van der Waals surface area contributed by atoms with Gasteiger partial charge in [-0.05, 0) is 26.3 Å². The van der Waals surface area contributed by atoms with Crippen LogP contribution in [0.4, 0.5) is 0 Å². The Morgan fingerprint density at radius 2 is 2.07 bits per heavy atom. The van der Waals surface area contributed by atoms with Gasteiger partial charge >= 0.3 is 11.9 Å². The molecular weight excluding hydrogens is 352 g/mol. The number of hydrogen-bond donors (Lipinski definition) is 1. The van der Waals surface area contributed by atoms with Crippen molar-refractivity contribution in [2.24, 2.45) is 23.7 Å². The minimum Gasteiger partial charge on any atom is -0.462 e. The summed E-state index contributed by atoms with van der Waals surface area (Å²) in [5.41, 5.74) is -3.32. The summed E-state index contributed by atoms with van der Waals surface area (Å²) in [4.78, 5) is 36.2. The molecule has 9 atom stereocenters. The van der Waals surface area contributed by atoms with Gasteiger partial charge in [0.05, 0.1) is 17.8 Å². The van der Waals surface area contributed by atoms with E-state index in [2.05, 4.69) is 0 Å². The smallest absolute Gasteiger partial charge is 0.309 e. The number of carbonyl (C=O) groups is 2. The minimum atomic E-state index is -1.36. The van der Waals surface area contributed by atoms with Gasteiger partial charge in [-0.2, -0.15) is 0 Å². The molecule has 1 saturated carbocycles. The second kappa shape index (κ2) is 5.78. The van der Waals surface area contributed by atoms with E-state index in [4.69, 9.17) is 19.2 Å². The fourth-order valence-corrected chi connectivity index (χ4v) is 5.24. The predicted molar refractivity (Wildman–Crippen MR) is 93.0 cm³/mol. The zero-order chi connectivity index (χ0) is 19.8. The third-order valence-electron chi connectivity index (χ3n) is 7.16. The lowest BCUT2D eigenvalue weighted by molar-refractivity contribution is -0.361. The monoisotopic (exact) mass is 380 g/mol. The number of esters is 2. The lowest BCUT2D eigenvalue weighted by Gasteiger charge is -2.40. The van der Waals surface area contributed by atoms with E-state index in [0.717, 1.165) is 0 Å². The van der Waals surface area contributed by atoms with Crippen LogP contribution in [-0.2, 0) is 28.8 Å². The van der Waals surface area contributed by atoms with Crippen molar-refractivity contribution in [3.8, 4) is 0 Å². The minimum absolute atomic E-state index is 0.137. The Morgan fingerprint density at radius 3 is 2.67 bits per heavy atom. The molecular formula is C20H28O7.